The first-order chi connectivity index (χ1) is 11.3. The van der Waals surface area contributed by atoms with Crippen molar-refractivity contribution in [2.75, 3.05) is 6.61 Å². The minimum absolute atomic E-state index is 0. The van der Waals surface area contributed by atoms with Crippen LogP contribution < -0.4 is 0 Å². The standard InChI is InChI=1S/C21H40O2.Sn.2H/c1-3-5-6-7-8-9-10-11-12-13-14-15-16-17-18-19-20-23-21(22)4-2;;;/h4H,2-3,5-20H2,1H3;;;. The van der Waals surface area contributed by atoms with E-state index in [1.54, 1.807) is 0 Å². The number of rotatable bonds is 18. The predicted molar refractivity (Wildman–Crippen MR) is 109 cm³/mol. The molecule has 0 spiro atoms. The van der Waals surface area contributed by atoms with Crippen molar-refractivity contribution in [3.05, 3.63) is 12.7 Å². The Kier molecular flexibility index (Phi) is 25.2. The minimum atomic E-state index is -0.300. The summed E-state index contributed by atoms with van der Waals surface area (Å²) in [7, 11) is 0. The number of carbonyl (C=O) groups is 1. The molecule has 0 aliphatic rings. The Balaban J connectivity index is 0. The van der Waals surface area contributed by atoms with Gasteiger partial charge in [-0.15, -0.1) is 0 Å². The van der Waals surface area contributed by atoms with Crippen molar-refractivity contribution in [1.29, 1.82) is 0 Å². The van der Waals surface area contributed by atoms with Gasteiger partial charge in [0.1, 0.15) is 0 Å². The molecule has 3 heteroatoms. The molecule has 2 radical (unpaired) electrons. The van der Waals surface area contributed by atoms with Crippen molar-refractivity contribution in [2.45, 2.75) is 110 Å². The van der Waals surface area contributed by atoms with E-state index in [9.17, 15) is 4.79 Å². The maximum atomic E-state index is 10.8. The van der Waals surface area contributed by atoms with Crippen molar-refractivity contribution in [3.8, 4) is 0 Å². The van der Waals surface area contributed by atoms with Gasteiger partial charge in [0.25, 0.3) is 0 Å². The van der Waals surface area contributed by atoms with Gasteiger partial charge in [-0.25, -0.2) is 4.79 Å². The van der Waals surface area contributed by atoms with E-state index in [4.69, 9.17) is 4.74 Å². The third-order valence-corrected chi connectivity index (χ3v) is 4.41. The van der Waals surface area contributed by atoms with Crippen LogP contribution in [0.4, 0.5) is 0 Å². The van der Waals surface area contributed by atoms with Gasteiger partial charge in [-0.05, 0) is 6.42 Å². The molecule has 0 amide bonds. The molecule has 0 heterocycles. The van der Waals surface area contributed by atoms with Crippen molar-refractivity contribution < 1.29 is 9.53 Å². The van der Waals surface area contributed by atoms with E-state index < -0.39 is 0 Å². The van der Waals surface area contributed by atoms with Gasteiger partial charge >= 0.3 is 29.9 Å². The van der Waals surface area contributed by atoms with E-state index in [0.29, 0.717) is 6.61 Å². The molecule has 0 aromatic rings. The van der Waals surface area contributed by atoms with Crippen LogP contribution in [0.1, 0.15) is 110 Å². The van der Waals surface area contributed by atoms with Gasteiger partial charge < -0.3 is 4.74 Å². The Morgan fingerprint density at radius 2 is 1.04 bits per heavy atom. The molecular formula is C21H42O2Sn. The van der Waals surface area contributed by atoms with Crippen LogP contribution in [0.5, 0.6) is 0 Å². The number of carbonyl (C=O) groups excluding carboxylic acids is 1. The topological polar surface area (TPSA) is 26.3 Å². The van der Waals surface area contributed by atoms with Crippen LogP contribution >= 0.6 is 0 Å². The molecule has 0 bridgehead atoms. The van der Waals surface area contributed by atoms with Crippen molar-refractivity contribution >= 4 is 29.9 Å². The first-order valence-corrected chi connectivity index (χ1v) is 10.1. The molecule has 0 aliphatic heterocycles. The molecule has 0 saturated heterocycles. The Morgan fingerprint density at radius 3 is 1.38 bits per heavy atom. The molecule has 0 aliphatic carbocycles. The van der Waals surface area contributed by atoms with Gasteiger partial charge in [-0.1, -0.05) is 110 Å². The Bertz CT molecular complexity index is 267. The second-order valence-corrected chi connectivity index (χ2v) is 6.67. The third kappa shape index (κ3) is 22.0. The van der Waals surface area contributed by atoms with E-state index in [2.05, 4.69) is 13.5 Å². The van der Waals surface area contributed by atoms with E-state index in [0.717, 1.165) is 6.42 Å². The number of hydrogen-bond donors (Lipinski definition) is 0. The number of esters is 1. The van der Waals surface area contributed by atoms with Gasteiger partial charge in [0, 0.05) is 6.08 Å². The summed E-state index contributed by atoms with van der Waals surface area (Å²) in [5.41, 5.74) is 0. The van der Waals surface area contributed by atoms with Gasteiger partial charge in [-0.3, -0.25) is 0 Å². The van der Waals surface area contributed by atoms with Crippen molar-refractivity contribution in [2.24, 2.45) is 0 Å². The summed E-state index contributed by atoms with van der Waals surface area (Å²) in [5.74, 6) is -0.300. The quantitative estimate of drug-likeness (QED) is 0.111. The van der Waals surface area contributed by atoms with Crippen LogP contribution in [-0.2, 0) is 9.53 Å². The fourth-order valence-electron chi connectivity index (χ4n) is 2.88. The first kappa shape index (κ1) is 26.2. The molecule has 0 unspecified atom stereocenters. The van der Waals surface area contributed by atoms with Gasteiger partial charge in [0.05, 0.1) is 6.61 Å². The third-order valence-electron chi connectivity index (χ3n) is 4.41. The fraction of sp³-hybridized carbons (Fsp3) is 0.857. The van der Waals surface area contributed by atoms with Gasteiger partial charge in [-0.2, -0.15) is 0 Å². The Morgan fingerprint density at radius 1 is 0.708 bits per heavy atom. The summed E-state index contributed by atoms with van der Waals surface area (Å²) >= 11 is 0. The maximum absolute atomic E-state index is 10.8. The molecule has 2 nitrogen and oxygen atoms in total. The molecule has 0 fully saturated rings. The number of hydrogen-bond acceptors (Lipinski definition) is 2. The second kappa shape index (κ2) is 23.0. The summed E-state index contributed by atoms with van der Waals surface area (Å²) in [6, 6.07) is 0. The predicted octanol–water partition coefficient (Wildman–Crippen LogP) is 6.06. The molecule has 142 valence electrons. The fourth-order valence-corrected chi connectivity index (χ4v) is 2.88. The monoisotopic (exact) mass is 446 g/mol. The van der Waals surface area contributed by atoms with Crippen LogP contribution in [0.15, 0.2) is 12.7 Å². The summed E-state index contributed by atoms with van der Waals surface area (Å²) in [6.45, 7) is 6.20. The van der Waals surface area contributed by atoms with Crippen LogP contribution in [-0.4, -0.2) is 36.5 Å². The van der Waals surface area contributed by atoms with Crippen LogP contribution in [0, 0.1) is 0 Å². The van der Waals surface area contributed by atoms with E-state index >= 15 is 0 Å². The van der Waals surface area contributed by atoms with Crippen LogP contribution in [0.2, 0.25) is 0 Å². The SMILES string of the molecule is C=CC(=O)OCCCCCCCCCCCCCCCCCC.[SnH2]. The van der Waals surface area contributed by atoms with Gasteiger partial charge in [0.2, 0.25) is 0 Å². The molecule has 0 atom stereocenters. The Labute approximate surface area is 168 Å². The molecule has 0 N–H and O–H groups in total. The van der Waals surface area contributed by atoms with E-state index in [1.807, 2.05) is 0 Å². The molecule has 0 aromatic carbocycles. The zero-order valence-corrected chi connectivity index (χ0v) is 20.4. The zero-order chi connectivity index (χ0) is 17.0. The number of unbranched alkanes of at least 4 members (excludes halogenated alkanes) is 15. The van der Waals surface area contributed by atoms with Crippen LogP contribution in [0.3, 0.4) is 0 Å². The van der Waals surface area contributed by atoms with Crippen LogP contribution in [0.25, 0.3) is 0 Å². The molecule has 0 rings (SSSR count). The van der Waals surface area contributed by atoms with E-state index in [-0.39, 0.29) is 29.9 Å². The second-order valence-electron chi connectivity index (χ2n) is 6.67. The van der Waals surface area contributed by atoms with E-state index in [1.165, 1.54) is 102 Å². The van der Waals surface area contributed by atoms with Crippen molar-refractivity contribution in [1.82, 2.24) is 0 Å². The summed E-state index contributed by atoms with van der Waals surface area (Å²) in [5, 5.41) is 0. The summed E-state index contributed by atoms with van der Waals surface area (Å²) in [6.07, 6.45) is 23.0. The van der Waals surface area contributed by atoms with Gasteiger partial charge in [0.15, 0.2) is 0 Å². The average Bonchev–Trinajstić information content (AvgIpc) is 2.57. The van der Waals surface area contributed by atoms with Crippen molar-refractivity contribution in [3.63, 3.8) is 0 Å². The number of ether oxygens (including phenoxy) is 1. The zero-order valence-electron chi connectivity index (χ0n) is 16.3. The normalized spacial score (nSPS) is 10.2. The first-order valence-electron chi connectivity index (χ1n) is 10.1. The Hall–Kier alpha value is 0.00870. The summed E-state index contributed by atoms with van der Waals surface area (Å²) in [4.78, 5) is 10.8. The average molecular weight is 445 g/mol. The molecule has 0 saturated carbocycles. The molecule has 0 aromatic heterocycles. The molecule has 24 heavy (non-hydrogen) atoms. The summed E-state index contributed by atoms with van der Waals surface area (Å²) < 4.78 is 4.95. The molecular weight excluding hydrogens is 403 g/mol.